The fraction of sp³-hybridized carbons (Fsp3) is 0.333. The lowest BCUT2D eigenvalue weighted by Crippen LogP contribution is -2.32. The smallest absolute Gasteiger partial charge is 0.338 e. The lowest BCUT2D eigenvalue weighted by molar-refractivity contribution is -0.123. The van der Waals surface area contributed by atoms with Crippen LogP contribution in [0.15, 0.2) is 54.6 Å². The Morgan fingerprint density at radius 2 is 1.69 bits per heavy atom. The van der Waals surface area contributed by atoms with E-state index in [1.165, 1.54) is 0 Å². The van der Waals surface area contributed by atoms with Crippen LogP contribution >= 0.6 is 0 Å². The Labute approximate surface area is 154 Å². The molecule has 2 aromatic carbocycles. The molecule has 1 amide bonds. The van der Waals surface area contributed by atoms with Crippen molar-refractivity contribution < 1.29 is 19.1 Å². The van der Waals surface area contributed by atoms with E-state index in [2.05, 4.69) is 12.2 Å². The van der Waals surface area contributed by atoms with E-state index in [0.717, 1.165) is 18.4 Å². The van der Waals surface area contributed by atoms with Crippen molar-refractivity contribution in [1.82, 2.24) is 5.32 Å². The molecule has 0 fully saturated rings. The number of ether oxygens (including phenoxy) is 2. The van der Waals surface area contributed by atoms with Gasteiger partial charge in [0.1, 0.15) is 5.75 Å². The topological polar surface area (TPSA) is 64.6 Å². The van der Waals surface area contributed by atoms with Gasteiger partial charge < -0.3 is 14.8 Å². The van der Waals surface area contributed by atoms with Crippen LogP contribution in [0.25, 0.3) is 0 Å². The number of rotatable bonds is 9. The molecule has 0 aliphatic carbocycles. The van der Waals surface area contributed by atoms with Crippen LogP contribution in [0.3, 0.4) is 0 Å². The number of benzene rings is 2. The molecule has 0 radical (unpaired) electrons. The van der Waals surface area contributed by atoms with Crippen LogP contribution in [0, 0.1) is 0 Å². The molecule has 1 unspecified atom stereocenters. The molecule has 0 spiro atoms. The summed E-state index contributed by atoms with van der Waals surface area (Å²) in [7, 11) is 0. The van der Waals surface area contributed by atoms with Gasteiger partial charge in [-0.3, -0.25) is 4.79 Å². The van der Waals surface area contributed by atoms with E-state index < -0.39 is 0 Å². The van der Waals surface area contributed by atoms with E-state index in [9.17, 15) is 9.59 Å². The Hall–Kier alpha value is -2.82. The van der Waals surface area contributed by atoms with Gasteiger partial charge in [-0.25, -0.2) is 4.79 Å². The monoisotopic (exact) mass is 355 g/mol. The zero-order chi connectivity index (χ0) is 18.8. The second-order valence-corrected chi connectivity index (χ2v) is 5.85. The number of amides is 1. The molecule has 0 saturated heterocycles. The van der Waals surface area contributed by atoms with Crippen LogP contribution in [0.1, 0.15) is 48.7 Å². The standard InChI is InChI=1S/C21H25NO4/c1-3-8-19(16-9-6-5-7-10-16)22-20(23)15-26-18-13-11-17(12-14-18)21(24)25-4-2/h5-7,9-14,19H,3-4,8,15H2,1-2H3,(H,22,23). The molecule has 0 bridgehead atoms. The average Bonchev–Trinajstić information content (AvgIpc) is 2.67. The third-order valence-electron chi connectivity index (χ3n) is 3.85. The summed E-state index contributed by atoms with van der Waals surface area (Å²) in [5.41, 5.74) is 1.54. The minimum atomic E-state index is -0.373. The Kier molecular flexibility index (Phi) is 7.68. The maximum atomic E-state index is 12.2. The molecule has 0 aliphatic rings. The van der Waals surface area contributed by atoms with E-state index in [-0.39, 0.29) is 24.5 Å². The predicted octanol–water partition coefficient (Wildman–Crippen LogP) is 3.90. The summed E-state index contributed by atoms with van der Waals surface area (Å²) in [5, 5.41) is 3.01. The highest BCUT2D eigenvalue weighted by atomic mass is 16.5. The molecule has 0 saturated carbocycles. The first-order valence-corrected chi connectivity index (χ1v) is 8.88. The molecule has 0 aliphatic heterocycles. The van der Waals surface area contributed by atoms with Gasteiger partial charge in [-0.2, -0.15) is 0 Å². The molecule has 0 heterocycles. The van der Waals surface area contributed by atoms with Crippen LogP contribution in [0.4, 0.5) is 0 Å². The fourth-order valence-corrected chi connectivity index (χ4v) is 2.58. The van der Waals surface area contributed by atoms with Crippen molar-refractivity contribution in [2.45, 2.75) is 32.7 Å². The first-order valence-electron chi connectivity index (χ1n) is 8.88. The first kappa shape index (κ1) is 19.5. The van der Waals surface area contributed by atoms with Crippen LogP contribution in [0.2, 0.25) is 0 Å². The summed E-state index contributed by atoms with van der Waals surface area (Å²) in [6.07, 6.45) is 1.83. The molecular formula is C21H25NO4. The summed E-state index contributed by atoms with van der Waals surface area (Å²) in [5.74, 6) is -0.0243. The third-order valence-corrected chi connectivity index (χ3v) is 3.85. The molecule has 5 nitrogen and oxygen atoms in total. The van der Waals surface area contributed by atoms with Gasteiger partial charge in [0.15, 0.2) is 6.61 Å². The fourth-order valence-electron chi connectivity index (χ4n) is 2.58. The number of carbonyl (C=O) groups excluding carboxylic acids is 2. The van der Waals surface area contributed by atoms with Crippen molar-refractivity contribution in [2.75, 3.05) is 13.2 Å². The summed E-state index contributed by atoms with van der Waals surface area (Å²) >= 11 is 0. The SMILES string of the molecule is CCCC(NC(=O)COc1ccc(C(=O)OCC)cc1)c1ccccc1. The van der Waals surface area contributed by atoms with Crippen molar-refractivity contribution in [3.8, 4) is 5.75 Å². The van der Waals surface area contributed by atoms with E-state index in [1.54, 1.807) is 31.2 Å². The van der Waals surface area contributed by atoms with Gasteiger partial charge in [0.05, 0.1) is 18.2 Å². The average molecular weight is 355 g/mol. The van der Waals surface area contributed by atoms with Crippen molar-refractivity contribution in [1.29, 1.82) is 0 Å². The van der Waals surface area contributed by atoms with E-state index in [0.29, 0.717) is 17.9 Å². The van der Waals surface area contributed by atoms with Gasteiger partial charge in [-0.05, 0) is 43.2 Å². The quantitative estimate of drug-likeness (QED) is 0.693. The summed E-state index contributed by atoms with van der Waals surface area (Å²) in [6.45, 7) is 4.10. The molecule has 0 aromatic heterocycles. The van der Waals surface area contributed by atoms with Crippen molar-refractivity contribution in [3.63, 3.8) is 0 Å². The largest absolute Gasteiger partial charge is 0.484 e. The van der Waals surface area contributed by atoms with Gasteiger partial charge in [-0.15, -0.1) is 0 Å². The number of hydrogen-bond donors (Lipinski definition) is 1. The Balaban J connectivity index is 1.88. The first-order chi connectivity index (χ1) is 12.6. The van der Waals surface area contributed by atoms with Crippen molar-refractivity contribution in [3.05, 3.63) is 65.7 Å². The molecule has 26 heavy (non-hydrogen) atoms. The maximum Gasteiger partial charge on any atom is 0.338 e. The second kappa shape index (κ2) is 10.2. The number of esters is 1. The molecule has 2 aromatic rings. The molecule has 5 heteroatoms. The van der Waals surface area contributed by atoms with Gasteiger partial charge in [0.2, 0.25) is 0 Å². The highest BCUT2D eigenvalue weighted by Gasteiger charge is 2.14. The summed E-state index contributed by atoms with van der Waals surface area (Å²) < 4.78 is 10.4. The van der Waals surface area contributed by atoms with Gasteiger partial charge in [0, 0.05) is 0 Å². The minimum Gasteiger partial charge on any atom is -0.484 e. The highest BCUT2D eigenvalue weighted by Crippen LogP contribution is 2.18. The zero-order valence-electron chi connectivity index (χ0n) is 15.2. The predicted molar refractivity (Wildman–Crippen MR) is 100 cm³/mol. The summed E-state index contributed by atoms with van der Waals surface area (Å²) in [4.78, 5) is 23.8. The van der Waals surface area contributed by atoms with Gasteiger partial charge >= 0.3 is 5.97 Å². The van der Waals surface area contributed by atoms with Gasteiger partial charge in [0.25, 0.3) is 5.91 Å². The van der Waals surface area contributed by atoms with E-state index in [4.69, 9.17) is 9.47 Å². The van der Waals surface area contributed by atoms with Crippen LogP contribution in [-0.2, 0) is 9.53 Å². The lowest BCUT2D eigenvalue weighted by Gasteiger charge is -2.18. The highest BCUT2D eigenvalue weighted by molar-refractivity contribution is 5.89. The van der Waals surface area contributed by atoms with E-state index in [1.807, 2.05) is 30.3 Å². The third kappa shape index (κ3) is 5.92. The van der Waals surface area contributed by atoms with Crippen LogP contribution in [-0.4, -0.2) is 25.1 Å². The Morgan fingerprint density at radius 1 is 1.00 bits per heavy atom. The van der Waals surface area contributed by atoms with E-state index >= 15 is 0 Å². The molecule has 2 rings (SSSR count). The van der Waals surface area contributed by atoms with Crippen molar-refractivity contribution in [2.24, 2.45) is 0 Å². The number of hydrogen-bond acceptors (Lipinski definition) is 4. The molecular weight excluding hydrogens is 330 g/mol. The molecule has 138 valence electrons. The lowest BCUT2D eigenvalue weighted by atomic mass is 10.0. The number of carbonyl (C=O) groups is 2. The van der Waals surface area contributed by atoms with Crippen LogP contribution in [0.5, 0.6) is 5.75 Å². The Morgan fingerprint density at radius 3 is 2.31 bits per heavy atom. The minimum absolute atomic E-state index is 0.0245. The normalized spacial score (nSPS) is 11.5. The molecule has 1 N–H and O–H groups in total. The summed E-state index contributed by atoms with van der Waals surface area (Å²) in [6, 6.07) is 16.4. The second-order valence-electron chi connectivity index (χ2n) is 5.85. The molecule has 1 atom stereocenters. The van der Waals surface area contributed by atoms with Crippen LogP contribution < -0.4 is 10.1 Å². The zero-order valence-corrected chi connectivity index (χ0v) is 15.2. The maximum absolute atomic E-state index is 12.2. The van der Waals surface area contributed by atoms with Gasteiger partial charge in [-0.1, -0.05) is 43.7 Å². The number of nitrogens with one attached hydrogen (secondary N) is 1. The Bertz CT molecular complexity index is 698. The van der Waals surface area contributed by atoms with Crippen molar-refractivity contribution >= 4 is 11.9 Å².